The normalized spacial score (nSPS) is 12.2. The molecule has 174 valence electrons. The molecular weight excluding hydrogens is 451 g/mol. The van der Waals surface area contributed by atoms with Gasteiger partial charge in [-0.15, -0.1) is 0 Å². The van der Waals surface area contributed by atoms with Gasteiger partial charge in [0.25, 0.3) is 0 Å². The highest BCUT2D eigenvalue weighted by Gasteiger charge is 2.33. The van der Waals surface area contributed by atoms with Gasteiger partial charge in [-0.25, -0.2) is 4.98 Å². The van der Waals surface area contributed by atoms with Crippen LogP contribution in [0.15, 0.2) is 85.1 Å². The average molecular weight is 471 g/mol. The number of rotatable bonds is 4. The van der Waals surface area contributed by atoms with Crippen LogP contribution in [0.4, 0.5) is 13.2 Å². The maximum Gasteiger partial charge on any atom is 0.416 e. The van der Waals surface area contributed by atoms with Crippen molar-refractivity contribution >= 4 is 32.7 Å². The van der Waals surface area contributed by atoms with E-state index < -0.39 is 11.7 Å². The summed E-state index contributed by atoms with van der Waals surface area (Å²) in [5.41, 5.74) is 3.92. The van der Waals surface area contributed by atoms with Gasteiger partial charge in [-0.2, -0.15) is 13.2 Å². The minimum absolute atomic E-state index is 0.0230. The second-order valence-electron chi connectivity index (χ2n) is 8.52. The van der Waals surface area contributed by atoms with E-state index in [4.69, 9.17) is 4.98 Å². The molecule has 6 aromatic rings. The van der Waals surface area contributed by atoms with Crippen molar-refractivity contribution in [3.05, 3.63) is 102 Å². The SMILES string of the molecule is OCc1cc2c3ccccc3n(Cc3ccccc3C(F)(F)F)c2c(-c2c[nH]c3ccccc23)n1. The Morgan fingerprint density at radius 2 is 1.57 bits per heavy atom. The van der Waals surface area contributed by atoms with Gasteiger partial charge in [0.2, 0.25) is 0 Å². The molecule has 0 fully saturated rings. The predicted octanol–water partition coefficient (Wildman–Crippen LogP) is 6.90. The second kappa shape index (κ2) is 7.99. The lowest BCUT2D eigenvalue weighted by Crippen LogP contribution is -2.12. The number of aliphatic hydroxyl groups is 1. The van der Waals surface area contributed by atoms with Gasteiger partial charge in [-0.05, 0) is 29.8 Å². The van der Waals surface area contributed by atoms with Crippen molar-refractivity contribution in [2.45, 2.75) is 19.3 Å². The number of hydrogen-bond acceptors (Lipinski definition) is 2. The van der Waals surface area contributed by atoms with Crippen LogP contribution in [0.25, 0.3) is 44.0 Å². The molecule has 3 heterocycles. The first kappa shape index (κ1) is 21.4. The number of hydrogen-bond donors (Lipinski definition) is 2. The number of H-pyrrole nitrogens is 1. The van der Waals surface area contributed by atoms with Crippen molar-refractivity contribution in [2.75, 3.05) is 0 Å². The van der Waals surface area contributed by atoms with E-state index in [1.807, 2.05) is 65.4 Å². The quantitative estimate of drug-likeness (QED) is 0.294. The Bertz CT molecular complexity index is 1710. The summed E-state index contributed by atoms with van der Waals surface area (Å²) < 4.78 is 43.4. The van der Waals surface area contributed by atoms with E-state index in [0.29, 0.717) is 11.4 Å². The highest BCUT2D eigenvalue weighted by molar-refractivity contribution is 6.14. The third kappa shape index (κ3) is 3.47. The van der Waals surface area contributed by atoms with Crippen molar-refractivity contribution in [1.29, 1.82) is 0 Å². The maximum atomic E-state index is 13.8. The first-order valence-corrected chi connectivity index (χ1v) is 11.2. The predicted molar refractivity (Wildman–Crippen MR) is 131 cm³/mol. The van der Waals surface area contributed by atoms with Crippen LogP contribution in [0.5, 0.6) is 0 Å². The molecule has 3 aromatic heterocycles. The molecule has 0 amide bonds. The first-order chi connectivity index (χ1) is 17.0. The maximum absolute atomic E-state index is 13.8. The lowest BCUT2D eigenvalue weighted by Gasteiger charge is -2.16. The summed E-state index contributed by atoms with van der Waals surface area (Å²) >= 11 is 0. The molecule has 0 saturated carbocycles. The molecule has 3 aromatic carbocycles. The van der Waals surface area contributed by atoms with E-state index in [-0.39, 0.29) is 18.7 Å². The zero-order valence-electron chi connectivity index (χ0n) is 18.5. The summed E-state index contributed by atoms with van der Waals surface area (Å²) in [5, 5.41) is 12.6. The molecule has 0 aliphatic heterocycles. The average Bonchev–Trinajstić information content (AvgIpc) is 3.43. The van der Waals surface area contributed by atoms with Crippen LogP contribution in [0.3, 0.4) is 0 Å². The Kier molecular flexibility index (Phi) is 4.89. The fraction of sp³-hybridized carbons (Fsp3) is 0.107. The number of aromatic nitrogens is 3. The Hall–Kier alpha value is -4.10. The fourth-order valence-electron chi connectivity index (χ4n) is 4.93. The Balaban J connectivity index is 1.71. The Morgan fingerprint density at radius 3 is 2.37 bits per heavy atom. The lowest BCUT2D eigenvalue weighted by molar-refractivity contribution is -0.138. The molecule has 2 N–H and O–H groups in total. The number of benzene rings is 3. The topological polar surface area (TPSA) is 53.8 Å². The molecule has 0 aliphatic carbocycles. The van der Waals surface area contributed by atoms with Gasteiger partial charge in [-0.1, -0.05) is 54.6 Å². The minimum Gasteiger partial charge on any atom is -0.390 e. The molecule has 0 atom stereocenters. The number of halogens is 3. The molecule has 6 rings (SSSR count). The summed E-state index contributed by atoms with van der Waals surface area (Å²) in [6.07, 6.45) is -2.60. The van der Waals surface area contributed by atoms with Crippen LogP contribution in [0.1, 0.15) is 16.8 Å². The largest absolute Gasteiger partial charge is 0.416 e. The summed E-state index contributed by atoms with van der Waals surface area (Å²) in [4.78, 5) is 8.03. The summed E-state index contributed by atoms with van der Waals surface area (Å²) in [7, 11) is 0. The van der Waals surface area contributed by atoms with Gasteiger partial charge >= 0.3 is 6.18 Å². The molecule has 0 aliphatic rings. The molecule has 0 radical (unpaired) electrons. The highest BCUT2D eigenvalue weighted by atomic mass is 19.4. The van der Waals surface area contributed by atoms with E-state index in [2.05, 4.69) is 4.98 Å². The molecule has 0 saturated heterocycles. The Morgan fingerprint density at radius 1 is 0.857 bits per heavy atom. The van der Waals surface area contributed by atoms with Crippen LogP contribution < -0.4 is 0 Å². The standard InChI is InChI=1S/C28H20F3N3O/c29-28(30,31)23-10-4-1-7-17(23)15-34-25-12-6-3-9-20(25)21-13-18(16-35)33-26(27(21)34)22-14-32-24-11-5-2-8-19(22)24/h1-14,32,35H,15-16H2. The van der Waals surface area contributed by atoms with Crippen LogP contribution >= 0.6 is 0 Å². The minimum atomic E-state index is -4.46. The van der Waals surface area contributed by atoms with Crippen LogP contribution in [0.2, 0.25) is 0 Å². The van der Waals surface area contributed by atoms with Crippen molar-refractivity contribution < 1.29 is 18.3 Å². The molecular formula is C28H20F3N3O. The third-order valence-corrected chi connectivity index (χ3v) is 6.46. The number of nitrogens with one attached hydrogen (secondary N) is 1. The lowest BCUT2D eigenvalue weighted by atomic mass is 10.0. The van der Waals surface area contributed by atoms with Crippen molar-refractivity contribution in [3.63, 3.8) is 0 Å². The van der Waals surface area contributed by atoms with Crippen molar-refractivity contribution in [1.82, 2.24) is 14.5 Å². The number of alkyl halides is 3. The van der Waals surface area contributed by atoms with Gasteiger partial charge in [0.15, 0.2) is 0 Å². The number of fused-ring (bicyclic) bond motifs is 4. The van der Waals surface area contributed by atoms with E-state index in [0.717, 1.165) is 44.3 Å². The van der Waals surface area contributed by atoms with Crippen molar-refractivity contribution in [2.24, 2.45) is 0 Å². The first-order valence-electron chi connectivity index (χ1n) is 11.2. The number of aliphatic hydroxyl groups excluding tert-OH is 1. The zero-order valence-corrected chi connectivity index (χ0v) is 18.5. The number of aromatic amines is 1. The summed E-state index contributed by atoms with van der Waals surface area (Å²) in [6, 6.07) is 22.9. The number of pyridine rings is 1. The number of nitrogens with zero attached hydrogens (tertiary/aromatic N) is 2. The molecule has 0 unspecified atom stereocenters. The molecule has 0 bridgehead atoms. The van der Waals surface area contributed by atoms with Gasteiger partial charge in [-0.3, -0.25) is 0 Å². The van der Waals surface area contributed by atoms with E-state index in [1.54, 1.807) is 6.07 Å². The van der Waals surface area contributed by atoms with E-state index in [9.17, 15) is 18.3 Å². The van der Waals surface area contributed by atoms with E-state index >= 15 is 0 Å². The second-order valence-corrected chi connectivity index (χ2v) is 8.52. The molecule has 0 spiro atoms. The van der Waals surface area contributed by atoms with Crippen LogP contribution in [-0.4, -0.2) is 19.6 Å². The smallest absolute Gasteiger partial charge is 0.390 e. The van der Waals surface area contributed by atoms with Gasteiger partial charge < -0.3 is 14.7 Å². The van der Waals surface area contributed by atoms with Crippen LogP contribution in [-0.2, 0) is 19.3 Å². The fourth-order valence-corrected chi connectivity index (χ4v) is 4.93. The monoisotopic (exact) mass is 471 g/mol. The molecule has 4 nitrogen and oxygen atoms in total. The summed E-state index contributed by atoms with van der Waals surface area (Å²) in [6.45, 7) is -0.225. The zero-order chi connectivity index (χ0) is 24.2. The third-order valence-electron chi connectivity index (χ3n) is 6.46. The Labute approximate surface area is 198 Å². The summed E-state index contributed by atoms with van der Waals surface area (Å²) in [5.74, 6) is 0. The van der Waals surface area contributed by atoms with E-state index in [1.165, 1.54) is 12.1 Å². The molecule has 7 heteroatoms. The van der Waals surface area contributed by atoms with Crippen LogP contribution in [0, 0.1) is 0 Å². The van der Waals surface area contributed by atoms with Gasteiger partial charge in [0, 0.05) is 45.5 Å². The van der Waals surface area contributed by atoms with Gasteiger partial charge in [0.1, 0.15) is 0 Å². The number of para-hydroxylation sites is 2. The van der Waals surface area contributed by atoms with Gasteiger partial charge in [0.05, 0.1) is 29.1 Å². The molecule has 35 heavy (non-hydrogen) atoms. The highest BCUT2D eigenvalue weighted by Crippen LogP contribution is 2.39. The van der Waals surface area contributed by atoms with Crippen molar-refractivity contribution in [3.8, 4) is 11.3 Å².